The van der Waals surface area contributed by atoms with E-state index in [-0.39, 0.29) is 0 Å². The van der Waals surface area contributed by atoms with Crippen molar-refractivity contribution in [2.45, 2.75) is 13.3 Å². The maximum atomic E-state index is 4.35. The van der Waals surface area contributed by atoms with Gasteiger partial charge in [0.2, 0.25) is 0 Å². The number of hydrogen-bond acceptors (Lipinski definition) is 4. The smallest absolute Gasteiger partial charge is 0.153 e. The summed E-state index contributed by atoms with van der Waals surface area (Å²) in [6.07, 6.45) is 4.75. The highest BCUT2D eigenvalue weighted by molar-refractivity contribution is 9.10. The molecule has 0 amide bonds. The van der Waals surface area contributed by atoms with E-state index in [1.54, 1.807) is 6.33 Å². The average Bonchev–Trinajstić information content (AvgIpc) is 2.89. The highest BCUT2D eigenvalue weighted by Crippen LogP contribution is 2.29. The number of anilines is 1. The molecule has 1 atom stereocenters. The van der Waals surface area contributed by atoms with Crippen molar-refractivity contribution in [3.8, 4) is 0 Å². The van der Waals surface area contributed by atoms with Crippen LogP contribution in [0.5, 0.6) is 0 Å². The fourth-order valence-electron chi connectivity index (χ4n) is 2.75. The summed E-state index contributed by atoms with van der Waals surface area (Å²) in [5, 5.41) is 7.68. The molecule has 19 heavy (non-hydrogen) atoms. The van der Waals surface area contributed by atoms with Crippen molar-refractivity contribution in [1.29, 1.82) is 0 Å². The van der Waals surface area contributed by atoms with Crippen molar-refractivity contribution in [1.82, 2.24) is 19.5 Å². The fourth-order valence-corrected chi connectivity index (χ4v) is 3.16. The summed E-state index contributed by atoms with van der Waals surface area (Å²) in [5.74, 6) is 0.900. The number of rotatable bonds is 3. The first-order chi connectivity index (χ1) is 9.06. The molecule has 1 N–H and O–H groups in total. The summed E-state index contributed by atoms with van der Waals surface area (Å²) in [5.41, 5.74) is 1.32. The van der Waals surface area contributed by atoms with Gasteiger partial charge in [-0.1, -0.05) is 6.92 Å². The molecule has 102 valence electrons. The summed E-state index contributed by atoms with van der Waals surface area (Å²) in [7, 11) is 2.18. The van der Waals surface area contributed by atoms with Crippen LogP contribution in [0.1, 0.15) is 13.3 Å². The van der Waals surface area contributed by atoms with E-state index in [0.29, 0.717) is 5.41 Å². The van der Waals surface area contributed by atoms with Gasteiger partial charge < -0.3 is 10.2 Å². The van der Waals surface area contributed by atoms with E-state index in [2.05, 4.69) is 50.2 Å². The molecule has 1 fully saturated rings. The Morgan fingerprint density at radius 2 is 2.37 bits per heavy atom. The van der Waals surface area contributed by atoms with Crippen LogP contribution in [0, 0.1) is 5.41 Å². The van der Waals surface area contributed by atoms with E-state index < -0.39 is 0 Å². The van der Waals surface area contributed by atoms with E-state index in [1.165, 1.54) is 13.0 Å². The second kappa shape index (κ2) is 4.76. The molecule has 1 aliphatic rings. The zero-order valence-electron chi connectivity index (χ0n) is 11.2. The van der Waals surface area contributed by atoms with Crippen LogP contribution in [-0.4, -0.2) is 46.2 Å². The minimum absolute atomic E-state index is 0.320. The Labute approximate surface area is 121 Å². The van der Waals surface area contributed by atoms with Crippen LogP contribution in [0.4, 0.5) is 5.82 Å². The molecule has 2 aromatic rings. The SMILES string of the molecule is CN1CCC(C)(CNc2ncnn3cc(Br)cc23)C1. The summed E-state index contributed by atoms with van der Waals surface area (Å²) < 4.78 is 2.85. The van der Waals surface area contributed by atoms with Gasteiger partial charge in [-0.3, -0.25) is 0 Å². The number of fused-ring (bicyclic) bond motifs is 1. The van der Waals surface area contributed by atoms with Gasteiger partial charge in [0.1, 0.15) is 11.8 Å². The zero-order chi connectivity index (χ0) is 13.5. The second-order valence-corrected chi connectivity index (χ2v) is 6.66. The van der Waals surface area contributed by atoms with Gasteiger partial charge in [0.05, 0.1) is 0 Å². The van der Waals surface area contributed by atoms with Crippen molar-refractivity contribution in [3.05, 3.63) is 23.1 Å². The average molecular weight is 324 g/mol. The first kappa shape index (κ1) is 12.9. The van der Waals surface area contributed by atoms with Crippen LogP contribution >= 0.6 is 15.9 Å². The quantitative estimate of drug-likeness (QED) is 0.941. The monoisotopic (exact) mass is 323 g/mol. The normalized spacial score (nSPS) is 24.2. The molecule has 6 heteroatoms. The van der Waals surface area contributed by atoms with Crippen LogP contribution in [0.3, 0.4) is 0 Å². The molecule has 0 aromatic carbocycles. The summed E-state index contributed by atoms with van der Waals surface area (Å²) >= 11 is 3.47. The Bertz CT molecular complexity index is 596. The molecule has 0 radical (unpaired) electrons. The molecular formula is C13H18BrN5. The van der Waals surface area contributed by atoms with Crippen LogP contribution < -0.4 is 5.32 Å². The van der Waals surface area contributed by atoms with E-state index in [0.717, 1.165) is 28.9 Å². The van der Waals surface area contributed by atoms with Crippen molar-refractivity contribution < 1.29 is 0 Å². The largest absolute Gasteiger partial charge is 0.368 e. The van der Waals surface area contributed by atoms with Crippen molar-refractivity contribution in [3.63, 3.8) is 0 Å². The molecule has 0 saturated carbocycles. The van der Waals surface area contributed by atoms with E-state index in [4.69, 9.17) is 0 Å². The highest BCUT2D eigenvalue weighted by atomic mass is 79.9. The summed E-state index contributed by atoms with van der Waals surface area (Å²) in [6, 6.07) is 2.03. The lowest BCUT2D eigenvalue weighted by atomic mass is 9.90. The zero-order valence-corrected chi connectivity index (χ0v) is 12.8. The Morgan fingerprint density at radius 3 is 3.11 bits per heavy atom. The first-order valence-corrected chi connectivity index (χ1v) is 7.26. The molecule has 0 spiro atoms. The van der Waals surface area contributed by atoms with E-state index in [1.807, 2.05) is 16.8 Å². The third-order valence-electron chi connectivity index (χ3n) is 3.80. The Hall–Kier alpha value is -1.14. The molecule has 3 rings (SSSR count). The lowest BCUT2D eigenvalue weighted by molar-refractivity contribution is 0.325. The van der Waals surface area contributed by atoms with E-state index in [9.17, 15) is 0 Å². The number of nitrogens with one attached hydrogen (secondary N) is 1. The summed E-state index contributed by atoms with van der Waals surface area (Å²) in [6.45, 7) is 5.57. The lowest BCUT2D eigenvalue weighted by Crippen LogP contribution is -2.29. The molecule has 2 aromatic heterocycles. The molecule has 1 saturated heterocycles. The Balaban J connectivity index is 1.78. The predicted molar refractivity (Wildman–Crippen MR) is 79.4 cm³/mol. The highest BCUT2D eigenvalue weighted by Gasteiger charge is 2.31. The molecule has 0 aliphatic carbocycles. The summed E-state index contributed by atoms with van der Waals surface area (Å²) in [4.78, 5) is 6.73. The van der Waals surface area contributed by atoms with Crippen molar-refractivity contribution in [2.75, 3.05) is 32.0 Å². The standard InChI is InChI=1S/C13H18BrN5/c1-13(3-4-18(2)8-13)7-15-12-11-5-10(14)6-19(11)17-9-16-12/h5-6,9H,3-4,7-8H2,1-2H3,(H,15,16,17). The third-order valence-corrected chi connectivity index (χ3v) is 4.24. The number of aromatic nitrogens is 3. The maximum Gasteiger partial charge on any atom is 0.153 e. The Kier molecular flexibility index (Phi) is 3.22. The van der Waals surface area contributed by atoms with Crippen LogP contribution in [0.2, 0.25) is 0 Å². The van der Waals surface area contributed by atoms with Gasteiger partial charge in [-0.2, -0.15) is 5.10 Å². The Morgan fingerprint density at radius 1 is 1.53 bits per heavy atom. The molecule has 1 aliphatic heterocycles. The van der Waals surface area contributed by atoms with Crippen LogP contribution in [0.15, 0.2) is 23.1 Å². The number of hydrogen-bond donors (Lipinski definition) is 1. The van der Waals surface area contributed by atoms with Gasteiger partial charge >= 0.3 is 0 Å². The van der Waals surface area contributed by atoms with Crippen molar-refractivity contribution >= 4 is 27.3 Å². The second-order valence-electron chi connectivity index (χ2n) is 5.75. The number of nitrogens with zero attached hydrogens (tertiary/aromatic N) is 4. The van der Waals surface area contributed by atoms with Gasteiger partial charge in [-0.15, -0.1) is 0 Å². The van der Waals surface area contributed by atoms with Gasteiger partial charge in [0, 0.05) is 23.8 Å². The molecule has 1 unspecified atom stereocenters. The van der Waals surface area contributed by atoms with Gasteiger partial charge in [0.15, 0.2) is 5.82 Å². The van der Waals surface area contributed by atoms with Gasteiger partial charge in [-0.25, -0.2) is 9.50 Å². The van der Waals surface area contributed by atoms with Crippen molar-refractivity contribution in [2.24, 2.45) is 5.41 Å². The maximum absolute atomic E-state index is 4.35. The van der Waals surface area contributed by atoms with Gasteiger partial charge in [0.25, 0.3) is 0 Å². The van der Waals surface area contributed by atoms with Crippen LogP contribution in [-0.2, 0) is 0 Å². The minimum Gasteiger partial charge on any atom is -0.368 e. The molecule has 3 heterocycles. The molecular weight excluding hydrogens is 306 g/mol. The minimum atomic E-state index is 0.320. The number of halogens is 1. The lowest BCUT2D eigenvalue weighted by Gasteiger charge is -2.24. The molecule has 0 bridgehead atoms. The van der Waals surface area contributed by atoms with Crippen LogP contribution in [0.25, 0.3) is 5.52 Å². The first-order valence-electron chi connectivity index (χ1n) is 6.47. The molecule has 5 nitrogen and oxygen atoms in total. The number of likely N-dealkylation sites (tertiary alicyclic amines) is 1. The van der Waals surface area contributed by atoms with E-state index >= 15 is 0 Å². The topological polar surface area (TPSA) is 45.5 Å². The third kappa shape index (κ3) is 2.60. The fraction of sp³-hybridized carbons (Fsp3) is 0.538. The predicted octanol–water partition coefficient (Wildman–Crippen LogP) is 2.25. The van der Waals surface area contributed by atoms with Gasteiger partial charge in [-0.05, 0) is 47.4 Å².